The van der Waals surface area contributed by atoms with Crippen molar-refractivity contribution in [3.05, 3.63) is 30.1 Å². The van der Waals surface area contributed by atoms with Gasteiger partial charge < -0.3 is 9.88 Å². The normalized spacial score (nSPS) is 11.7. The van der Waals surface area contributed by atoms with Crippen molar-refractivity contribution < 1.29 is 0 Å². The molecule has 0 atom stereocenters. The van der Waals surface area contributed by atoms with Crippen molar-refractivity contribution in [2.75, 3.05) is 6.54 Å². The van der Waals surface area contributed by atoms with Crippen LogP contribution in [0.25, 0.3) is 11.0 Å². The second-order valence-electron chi connectivity index (χ2n) is 5.68. The molecule has 0 amide bonds. The minimum atomic E-state index is 0.103. The Kier molecular flexibility index (Phi) is 3.87. The van der Waals surface area contributed by atoms with Crippen LogP contribution in [0.5, 0.6) is 0 Å². The van der Waals surface area contributed by atoms with E-state index in [4.69, 9.17) is 5.26 Å². The standard InChI is InChI=1S/C15H20N4/c1-15(2,3)17-10-11-19-13-7-5-4-6-12(13)18-14(19)8-9-16/h4-7,17H,8,10-11H2,1-3H3. The van der Waals surface area contributed by atoms with Gasteiger partial charge in [0, 0.05) is 18.6 Å². The Hall–Kier alpha value is -1.86. The highest BCUT2D eigenvalue weighted by atomic mass is 15.1. The third-order valence-corrected chi connectivity index (χ3v) is 2.96. The van der Waals surface area contributed by atoms with Gasteiger partial charge in [-0.15, -0.1) is 0 Å². The van der Waals surface area contributed by atoms with Gasteiger partial charge in [0.25, 0.3) is 0 Å². The molecule has 0 aliphatic rings. The summed E-state index contributed by atoms with van der Waals surface area (Å²) in [6.07, 6.45) is 0.351. The number of para-hydroxylation sites is 2. The molecular weight excluding hydrogens is 236 g/mol. The molecule has 0 radical (unpaired) electrons. The first-order valence-electron chi connectivity index (χ1n) is 6.57. The third kappa shape index (κ3) is 3.33. The molecule has 0 fully saturated rings. The van der Waals surface area contributed by atoms with Gasteiger partial charge in [-0.1, -0.05) is 12.1 Å². The summed E-state index contributed by atoms with van der Waals surface area (Å²) in [4.78, 5) is 4.53. The first kappa shape index (κ1) is 13.6. The summed E-state index contributed by atoms with van der Waals surface area (Å²) in [6, 6.07) is 10.2. The predicted molar refractivity (Wildman–Crippen MR) is 76.8 cm³/mol. The minimum absolute atomic E-state index is 0.103. The molecule has 1 aromatic carbocycles. The quantitative estimate of drug-likeness (QED) is 0.914. The molecule has 0 spiro atoms. The number of nitrogens with zero attached hydrogens (tertiary/aromatic N) is 3. The number of fused-ring (bicyclic) bond motifs is 1. The van der Waals surface area contributed by atoms with Crippen molar-refractivity contribution in [3.8, 4) is 6.07 Å². The lowest BCUT2D eigenvalue weighted by Gasteiger charge is -2.21. The average molecular weight is 256 g/mol. The van der Waals surface area contributed by atoms with Crippen LogP contribution in [0.1, 0.15) is 26.6 Å². The van der Waals surface area contributed by atoms with Crippen molar-refractivity contribution in [2.45, 2.75) is 39.3 Å². The summed E-state index contributed by atoms with van der Waals surface area (Å²) < 4.78 is 2.14. The topological polar surface area (TPSA) is 53.6 Å². The van der Waals surface area contributed by atoms with Crippen molar-refractivity contribution in [1.29, 1.82) is 5.26 Å². The Morgan fingerprint density at radius 2 is 2.05 bits per heavy atom. The number of hydrogen-bond donors (Lipinski definition) is 1. The second-order valence-corrected chi connectivity index (χ2v) is 5.68. The first-order chi connectivity index (χ1) is 9.01. The number of aromatic nitrogens is 2. The van der Waals surface area contributed by atoms with Gasteiger partial charge in [-0.25, -0.2) is 4.98 Å². The van der Waals surface area contributed by atoms with Gasteiger partial charge in [0.15, 0.2) is 0 Å². The van der Waals surface area contributed by atoms with E-state index in [1.165, 1.54) is 0 Å². The molecule has 0 unspecified atom stereocenters. The summed E-state index contributed by atoms with van der Waals surface area (Å²) >= 11 is 0. The molecule has 0 bridgehead atoms. The van der Waals surface area contributed by atoms with Gasteiger partial charge in [-0.05, 0) is 32.9 Å². The van der Waals surface area contributed by atoms with Crippen LogP contribution in [-0.2, 0) is 13.0 Å². The van der Waals surface area contributed by atoms with Crippen LogP contribution in [0.15, 0.2) is 24.3 Å². The molecule has 0 aliphatic carbocycles. The number of nitrogens with one attached hydrogen (secondary N) is 1. The van der Waals surface area contributed by atoms with E-state index < -0.39 is 0 Å². The molecule has 2 rings (SSSR count). The van der Waals surface area contributed by atoms with Crippen molar-refractivity contribution in [3.63, 3.8) is 0 Å². The van der Waals surface area contributed by atoms with Crippen molar-refractivity contribution in [2.24, 2.45) is 0 Å². The average Bonchev–Trinajstić information content (AvgIpc) is 2.67. The lowest BCUT2D eigenvalue weighted by atomic mass is 10.1. The molecule has 1 heterocycles. The van der Waals surface area contributed by atoms with Crippen molar-refractivity contribution in [1.82, 2.24) is 14.9 Å². The lowest BCUT2D eigenvalue weighted by molar-refractivity contribution is 0.412. The van der Waals surface area contributed by atoms with E-state index in [1.54, 1.807) is 0 Å². The zero-order valence-electron chi connectivity index (χ0n) is 11.8. The molecule has 1 aromatic heterocycles. The number of rotatable bonds is 4. The predicted octanol–water partition coefficient (Wildman–Crippen LogP) is 2.49. The second kappa shape index (κ2) is 5.41. The SMILES string of the molecule is CC(C)(C)NCCn1c(CC#N)nc2ccccc21. The molecule has 19 heavy (non-hydrogen) atoms. The van der Waals surface area contributed by atoms with Gasteiger partial charge in [-0.3, -0.25) is 0 Å². The van der Waals surface area contributed by atoms with E-state index in [2.05, 4.69) is 47.8 Å². The summed E-state index contributed by atoms with van der Waals surface area (Å²) in [5.41, 5.74) is 2.16. The first-order valence-corrected chi connectivity index (χ1v) is 6.57. The van der Waals surface area contributed by atoms with E-state index >= 15 is 0 Å². The van der Waals surface area contributed by atoms with Crippen LogP contribution >= 0.6 is 0 Å². The Balaban J connectivity index is 2.24. The summed E-state index contributed by atoms with van der Waals surface area (Å²) in [6.45, 7) is 8.14. The molecule has 0 saturated carbocycles. The summed E-state index contributed by atoms with van der Waals surface area (Å²) in [5, 5.41) is 12.4. The minimum Gasteiger partial charge on any atom is -0.326 e. The number of hydrogen-bond acceptors (Lipinski definition) is 3. The smallest absolute Gasteiger partial charge is 0.124 e. The summed E-state index contributed by atoms with van der Waals surface area (Å²) in [5.74, 6) is 0.847. The van der Waals surface area contributed by atoms with Crippen LogP contribution in [-0.4, -0.2) is 21.6 Å². The van der Waals surface area contributed by atoms with Gasteiger partial charge in [-0.2, -0.15) is 5.26 Å². The fourth-order valence-corrected chi connectivity index (χ4v) is 2.12. The van der Waals surface area contributed by atoms with Crippen molar-refractivity contribution >= 4 is 11.0 Å². The van der Waals surface area contributed by atoms with Gasteiger partial charge in [0.1, 0.15) is 5.82 Å². The van der Waals surface area contributed by atoms with E-state index in [0.29, 0.717) is 6.42 Å². The maximum atomic E-state index is 8.91. The molecule has 1 N–H and O–H groups in total. The Morgan fingerprint density at radius 1 is 1.32 bits per heavy atom. The Bertz CT molecular complexity index is 599. The zero-order valence-corrected chi connectivity index (χ0v) is 11.8. The Morgan fingerprint density at radius 3 is 2.74 bits per heavy atom. The van der Waals surface area contributed by atoms with E-state index in [0.717, 1.165) is 29.9 Å². The molecular formula is C15H20N4. The van der Waals surface area contributed by atoms with Crippen LogP contribution < -0.4 is 5.32 Å². The van der Waals surface area contributed by atoms with Crippen LogP contribution in [0.4, 0.5) is 0 Å². The molecule has 2 aromatic rings. The highest BCUT2D eigenvalue weighted by molar-refractivity contribution is 5.75. The maximum Gasteiger partial charge on any atom is 0.124 e. The van der Waals surface area contributed by atoms with E-state index in [1.807, 2.05) is 18.2 Å². The molecule has 0 aliphatic heterocycles. The zero-order chi connectivity index (χ0) is 13.9. The largest absolute Gasteiger partial charge is 0.326 e. The molecule has 0 saturated heterocycles. The number of benzene rings is 1. The van der Waals surface area contributed by atoms with Crippen LogP contribution in [0.2, 0.25) is 0 Å². The number of imidazole rings is 1. The van der Waals surface area contributed by atoms with Crippen LogP contribution in [0.3, 0.4) is 0 Å². The highest BCUT2D eigenvalue weighted by Crippen LogP contribution is 2.16. The molecule has 100 valence electrons. The highest BCUT2D eigenvalue weighted by Gasteiger charge is 2.12. The Labute approximate surface area is 114 Å². The fraction of sp³-hybridized carbons (Fsp3) is 0.467. The van der Waals surface area contributed by atoms with Gasteiger partial charge in [0.05, 0.1) is 23.5 Å². The molecule has 4 nitrogen and oxygen atoms in total. The summed E-state index contributed by atoms with van der Waals surface area (Å²) in [7, 11) is 0. The molecule has 4 heteroatoms. The van der Waals surface area contributed by atoms with E-state index in [9.17, 15) is 0 Å². The fourth-order valence-electron chi connectivity index (χ4n) is 2.12. The van der Waals surface area contributed by atoms with Gasteiger partial charge >= 0.3 is 0 Å². The van der Waals surface area contributed by atoms with E-state index in [-0.39, 0.29) is 5.54 Å². The maximum absolute atomic E-state index is 8.91. The number of nitriles is 1. The van der Waals surface area contributed by atoms with Gasteiger partial charge in [0.2, 0.25) is 0 Å². The monoisotopic (exact) mass is 256 g/mol. The lowest BCUT2D eigenvalue weighted by Crippen LogP contribution is -2.38. The van der Waals surface area contributed by atoms with Crippen LogP contribution in [0, 0.1) is 11.3 Å². The third-order valence-electron chi connectivity index (χ3n) is 2.96.